The Bertz CT molecular complexity index is 1140. The fraction of sp³-hybridized carbons (Fsp3) is 0.385. The Kier molecular flexibility index (Phi) is 5.53. The average molecular weight is 388 g/mol. The van der Waals surface area contributed by atoms with E-state index in [0.717, 1.165) is 16.9 Å². The van der Waals surface area contributed by atoms with E-state index in [0.29, 0.717) is 0 Å². The summed E-state index contributed by atoms with van der Waals surface area (Å²) in [6.45, 7) is 17.4. The number of aryl methyl sites for hydroxylation is 2. The highest BCUT2D eigenvalue weighted by molar-refractivity contribution is 5.82. The molecule has 0 saturated heterocycles. The molecule has 0 spiro atoms. The monoisotopic (exact) mass is 387 g/mol. The molecular formula is C26H33N3. The third-order valence-electron chi connectivity index (χ3n) is 5.20. The van der Waals surface area contributed by atoms with Gasteiger partial charge in [0.15, 0.2) is 0 Å². The summed E-state index contributed by atoms with van der Waals surface area (Å²) in [5.74, 6) is 0. The molecule has 0 aliphatic carbocycles. The summed E-state index contributed by atoms with van der Waals surface area (Å²) >= 11 is 0. The second-order valence-corrected chi connectivity index (χ2v) is 9.84. The molecule has 0 N–H and O–H groups in total. The number of hydrogen-bond acceptors (Lipinski definition) is 2. The molecule has 3 heteroatoms. The fourth-order valence-electron chi connectivity index (χ4n) is 3.57. The lowest BCUT2D eigenvalue weighted by atomic mass is 9.85. The molecule has 3 aromatic heterocycles. The van der Waals surface area contributed by atoms with Crippen LogP contribution in [0, 0.1) is 13.8 Å². The van der Waals surface area contributed by atoms with E-state index in [9.17, 15) is 0 Å². The van der Waals surface area contributed by atoms with Gasteiger partial charge in [-0.05, 0) is 42.4 Å². The van der Waals surface area contributed by atoms with Crippen molar-refractivity contribution in [3.8, 4) is 0 Å². The number of aromatic nitrogens is 3. The van der Waals surface area contributed by atoms with Gasteiger partial charge in [-0.3, -0.25) is 4.98 Å². The van der Waals surface area contributed by atoms with E-state index in [1.807, 2.05) is 13.1 Å². The zero-order valence-electron chi connectivity index (χ0n) is 19.0. The van der Waals surface area contributed by atoms with E-state index in [4.69, 9.17) is 0 Å². The average Bonchev–Trinajstić information content (AvgIpc) is 3.01. The lowest BCUT2D eigenvalue weighted by Crippen LogP contribution is -2.12. The topological polar surface area (TPSA) is 30.2 Å². The van der Waals surface area contributed by atoms with Gasteiger partial charge >= 0.3 is 0 Å². The van der Waals surface area contributed by atoms with Crippen molar-refractivity contribution < 1.29 is 0 Å². The molecular weight excluding hydrogens is 354 g/mol. The largest absolute Gasteiger partial charge is 0.304 e. The normalized spacial score (nSPS) is 12.1. The van der Waals surface area contributed by atoms with Crippen LogP contribution in [-0.2, 0) is 10.8 Å². The smallest absolute Gasteiger partial charge is 0.140 e. The SMILES string of the molecule is Cc1ccc2cccc(C(C)(C)C)c2n1.Cc1cnc2c(C(C)(C)C)cccn12. The third-order valence-corrected chi connectivity index (χ3v) is 5.20. The first-order valence-electron chi connectivity index (χ1n) is 10.3. The zero-order chi connectivity index (χ0) is 21.4. The lowest BCUT2D eigenvalue weighted by Gasteiger charge is -2.20. The molecule has 1 aromatic carbocycles. The Labute approximate surface area is 174 Å². The summed E-state index contributed by atoms with van der Waals surface area (Å²) in [5, 5.41) is 1.23. The van der Waals surface area contributed by atoms with Crippen molar-refractivity contribution in [1.29, 1.82) is 0 Å². The Morgan fingerprint density at radius 3 is 2.07 bits per heavy atom. The van der Waals surface area contributed by atoms with Crippen LogP contribution in [0.2, 0.25) is 0 Å². The molecule has 0 saturated carbocycles. The summed E-state index contributed by atoms with van der Waals surface area (Å²) in [6, 6.07) is 14.9. The van der Waals surface area contributed by atoms with Crippen molar-refractivity contribution >= 4 is 16.6 Å². The van der Waals surface area contributed by atoms with Gasteiger partial charge in [0.2, 0.25) is 0 Å². The first kappa shape index (κ1) is 21.0. The number of para-hydroxylation sites is 1. The van der Waals surface area contributed by atoms with Crippen molar-refractivity contribution in [2.24, 2.45) is 0 Å². The molecule has 0 fully saturated rings. The van der Waals surface area contributed by atoms with E-state index in [1.54, 1.807) is 0 Å². The lowest BCUT2D eigenvalue weighted by molar-refractivity contribution is 0.591. The van der Waals surface area contributed by atoms with Crippen molar-refractivity contribution in [3.63, 3.8) is 0 Å². The van der Waals surface area contributed by atoms with E-state index in [2.05, 4.69) is 111 Å². The van der Waals surface area contributed by atoms with Gasteiger partial charge in [0.05, 0.1) is 5.52 Å². The van der Waals surface area contributed by atoms with Gasteiger partial charge in [-0.15, -0.1) is 0 Å². The van der Waals surface area contributed by atoms with Gasteiger partial charge in [-0.25, -0.2) is 4.98 Å². The van der Waals surface area contributed by atoms with Crippen molar-refractivity contribution in [2.75, 3.05) is 0 Å². The van der Waals surface area contributed by atoms with Gasteiger partial charge in [-0.2, -0.15) is 0 Å². The maximum Gasteiger partial charge on any atom is 0.140 e. The summed E-state index contributed by atoms with van der Waals surface area (Å²) < 4.78 is 2.14. The summed E-state index contributed by atoms with van der Waals surface area (Å²) in [7, 11) is 0. The van der Waals surface area contributed by atoms with E-state index < -0.39 is 0 Å². The first-order valence-corrected chi connectivity index (χ1v) is 10.3. The van der Waals surface area contributed by atoms with Crippen LogP contribution >= 0.6 is 0 Å². The maximum absolute atomic E-state index is 4.64. The zero-order valence-corrected chi connectivity index (χ0v) is 19.0. The molecule has 3 heterocycles. The van der Waals surface area contributed by atoms with Crippen LogP contribution in [0.1, 0.15) is 64.1 Å². The Balaban J connectivity index is 0.000000166. The second-order valence-electron chi connectivity index (χ2n) is 9.84. The Morgan fingerprint density at radius 2 is 1.41 bits per heavy atom. The van der Waals surface area contributed by atoms with Crippen LogP contribution in [0.4, 0.5) is 0 Å². The fourth-order valence-corrected chi connectivity index (χ4v) is 3.57. The van der Waals surface area contributed by atoms with Crippen LogP contribution in [0.25, 0.3) is 16.6 Å². The molecule has 3 nitrogen and oxygen atoms in total. The highest BCUT2D eigenvalue weighted by atomic mass is 15.0. The highest BCUT2D eigenvalue weighted by Crippen LogP contribution is 2.28. The number of rotatable bonds is 0. The van der Waals surface area contributed by atoms with Crippen LogP contribution in [-0.4, -0.2) is 14.4 Å². The summed E-state index contributed by atoms with van der Waals surface area (Å²) in [5.41, 5.74) is 7.42. The number of imidazole rings is 1. The van der Waals surface area contributed by atoms with Crippen LogP contribution in [0.15, 0.2) is 54.9 Å². The van der Waals surface area contributed by atoms with Crippen LogP contribution in [0.3, 0.4) is 0 Å². The third kappa shape index (κ3) is 4.50. The van der Waals surface area contributed by atoms with Gasteiger partial charge < -0.3 is 4.40 Å². The molecule has 4 aromatic rings. The van der Waals surface area contributed by atoms with Crippen molar-refractivity contribution in [1.82, 2.24) is 14.4 Å². The second kappa shape index (κ2) is 7.62. The molecule has 0 amide bonds. The first-order chi connectivity index (χ1) is 13.5. The van der Waals surface area contributed by atoms with Crippen molar-refractivity contribution in [2.45, 2.75) is 66.2 Å². The molecule has 0 aliphatic rings. The number of hydrogen-bond donors (Lipinski definition) is 0. The highest BCUT2D eigenvalue weighted by Gasteiger charge is 2.18. The Morgan fingerprint density at radius 1 is 0.759 bits per heavy atom. The molecule has 0 aliphatic heterocycles. The van der Waals surface area contributed by atoms with E-state index >= 15 is 0 Å². The minimum absolute atomic E-state index is 0.153. The molecule has 29 heavy (non-hydrogen) atoms. The van der Waals surface area contributed by atoms with E-state index in [1.165, 1.54) is 22.2 Å². The summed E-state index contributed by atoms with van der Waals surface area (Å²) in [6.07, 6.45) is 3.98. The van der Waals surface area contributed by atoms with Gasteiger partial charge in [0.1, 0.15) is 5.65 Å². The number of pyridine rings is 2. The number of benzene rings is 1. The molecule has 0 bridgehead atoms. The minimum atomic E-state index is 0.153. The van der Waals surface area contributed by atoms with Gasteiger partial charge in [-0.1, -0.05) is 71.9 Å². The minimum Gasteiger partial charge on any atom is -0.304 e. The van der Waals surface area contributed by atoms with Crippen LogP contribution in [0.5, 0.6) is 0 Å². The molecule has 0 atom stereocenters. The van der Waals surface area contributed by atoms with Crippen LogP contribution < -0.4 is 0 Å². The maximum atomic E-state index is 4.64. The van der Waals surface area contributed by atoms with Crippen molar-refractivity contribution in [3.05, 3.63) is 77.4 Å². The molecule has 4 rings (SSSR count). The van der Waals surface area contributed by atoms with Gasteiger partial charge in [0, 0.05) is 34.7 Å². The predicted octanol–water partition coefficient (Wildman–Crippen LogP) is 6.78. The molecule has 0 unspecified atom stereocenters. The quantitative estimate of drug-likeness (QED) is 0.333. The number of fused-ring (bicyclic) bond motifs is 2. The standard InChI is InChI=1S/C14H17N.C12H16N2/c1-10-8-9-11-6-5-7-12(13(11)15-10)14(2,3)4;1-9-8-13-11-10(12(2,3)4)6-5-7-14(9)11/h5-9H,1-4H3;5-8H,1-4H3. The molecule has 0 radical (unpaired) electrons. The Hall–Kier alpha value is -2.68. The molecule has 152 valence electrons. The summed E-state index contributed by atoms with van der Waals surface area (Å²) in [4.78, 5) is 9.09. The predicted molar refractivity (Wildman–Crippen MR) is 124 cm³/mol. The van der Waals surface area contributed by atoms with E-state index in [-0.39, 0.29) is 10.8 Å². The number of nitrogens with zero attached hydrogens (tertiary/aromatic N) is 3. The van der Waals surface area contributed by atoms with Gasteiger partial charge in [0.25, 0.3) is 0 Å².